The highest BCUT2D eigenvalue weighted by molar-refractivity contribution is 6.09. The first kappa shape index (κ1) is 34.1. The van der Waals surface area contributed by atoms with Gasteiger partial charge in [-0.25, -0.2) is 10.4 Å². The number of halogens is 7. The van der Waals surface area contributed by atoms with Crippen LogP contribution in [0.5, 0.6) is 0 Å². The number of benzene rings is 3. The molecule has 6 nitrogen and oxygen atoms in total. The minimum atomic E-state index is -6.66. The molecule has 0 spiro atoms. The van der Waals surface area contributed by atoms with E-state index in [1.54, 1.807) is 18.2 Å². The van der Waals surface area contributed by atoms with Crippen molar-refractivity contribution in [3.63, 3.8) is 0 Å². The summed E-state index contributed by atoms with van der Waals surface area (Å²) in [5.41, 5.74) is 6.23. The largest absolute Gasteiger partial charge is 0.460 e. The summed E-state index contributed by atoms with van der Waals surface area (Å²) in [6.07, 6.45) is -6.66. The molecular formula is C33H29F7N4O2. The molecule has 2 N–H and O–H groups in total. The summed E-state index contributed by atoms with van der Waals surface area (Å²) in [7, 11) is 0. The highest BCUT2D eigenvalue weighted by atomic mass is 19.4. The number of pyridine rings is 1. The number of para-hydroxylation sites is 1. The van der Waals surface area contributed by atoms with Gasteiger partial charge in [0.1, 0.15) is 0 Å². The zero-order chi connectivity index (χ0) is 34.2. The van der Waals surface area contributed by atoms with Crippen LogP contribution in [0.15, 0.2) is 77.9 Å². The van der Waals surface area contributed by atoms with Crippen LogP contribution in [0.2, 0.25) is 0 Å². The monoisotopic (exact) mass is 646 g/mol. The minimum Gasteiger partial charge on any atom is -0.321 e. The number of hydrogen-bond donors (Lipinski definition) is 2. The van der Waals surface area contributed by atoms with E-state index in [4.69, 9.17) is 4.98 Å². The van der Waals surface area contributed by atoms with E-state index in [2.05, 4.69) is 31.3 Å². The van der Waals surface area contributed by atoms with Crippen molar-refractivity contribution in [1.82, 2.24) is 10.4 Å². The summed E-state index contributed by atoms with van der Waals surface area (Å²) in [5, 5.41) is 5.99. The number of aromatic nitrogens is 1. The number of fused-ring (bicyclic) bond motifs is 1. The Hall–Kier alpha value is -4.81. The number of alkyl halides is 7. The Balaban J connectivity index is 1.60. The lowest BCUT2D eigenvalue weighted by atomic mass is 9.86. The third kappa shape index (κ3) is 6.73. The number of nitrogens with one attached hydrogen (secondary N) is 2. The quantitative estimate of drug-likeness (QED) is 0.120. The average Bonchev–Trinajstić information content (AvgIpc) is 2.98. The maximum atomic E-state index is 13.8. The molecule has 1 aromatic heterocycles. The van der Waals surface area contributed by atoms with E-state index in [9.17, 15) is 40.3 Å². The standard InChI is InChI=1S/C33H29F7N4O2/c1-18-8-6-11-24-25(17-26(42-27(18)24)20-12-14-22(15-13-20)30(3,4)5)28(45)44-43-19(2)21-9-7-10-23(16-21)41-29(46)31(34,35)32(36,37)33(38,39)40/h6-17H,1-5H3,(H,41,46)(H,44,45). The fourth-order valence-corrected chi connectivity index (χ4v) is 4.48. The van der Waals surface area contributed by atoms with Crippen molar-refractivity contribution >= 4 is 34.1 Å². The number of nitrogens with zero attached hydrogens (tertiary/aromatic N) is 2. The third-order valence-electron chi connectivity index (χ3n) is 7.23. The Morgan fingerprint density at radius 2 is 1.46 bits per heavy atom. The molecular weight excluding hydrogens is 617 g/mol. The number of amides is 2. The van der Waals surface area contributed by atoms with Crippen LogP contribution in [-0.4, -0.2) is 40.5 Å². The molecule has 4 rings (SSSR count). The smallest absolute Gasteiger partial charge is 0.321 e. The van der Waals surface area contributed by atoms with E-state index >= 15 is 0 Å². The molecule has 4 aromatic rings. The molecule has 0 atom stereocenters. The normalized spacial score (nSPS) is 13.1. The lowest BCUT2D eigenvalue weighted by Gasteiger charge is -2.27. The Morgan fingerprint density at radius 3 is 2.07 bits per heavy atom. The summed E-state index contributed by atoms with van der Waals surface area (Å²) < 4.78 is 91.6. The van der Waals surface area contributed by atoms with Gasteiger partial charge in [-0.1, -0.05) is 75.4 Å². The van der Waals surface area contributed by atoms with Gasteiger partial charge in [0.15, 0.2) is 0 Å². The molecule has 0 fully saturated rings. The van der Waals surface area contributed by atoms with Gasteiger partial charge in [-0.2, -0.15) is 35.8 Å². The molecule has 0 saturated carbocycles. The molecule has 242 valence electrons. The zero-order valence-corrected chi connectivity index (χ0v) is 25.3. The Labute approximate surface area is 259 Å². The maximum Gasteiger partial charge on any atom is 0.460 e. The van der Waals surface area contributed by atoms with Crippen molar-refractivity contribution in [2.45, 2.75) is 58.1 Å². The summed E-state index contributed by atoms with van der Waals surface area (Å²) in [4.78, 5) is 30.0. The van der Waals surface area contributed by atoms with Crippen molar-refractivity contribution in [3.05, 3.63) is 95.1 Å². The molecule has 2 amide bonds. The van der Waals surface area contributed by atoms with Crippen LogP contribution in [0.1, 0.15) is 54.7 Å². The molecule has 0 radical (unpaired) electrons. The highest BCUT2D eigenvalue weighted by Gasteiger charge is 2.76. The predicted molar refractivity (Wildman–Crippen MR) is 161 cm³/mol. The van der Waals surface area contributed by atoms with Gasteiger partial charge in [-0.3, -0.25) is 9.59 Å². The molecule has 13 heteroatoms. The Kier molecular flexibility index (Phi) is 9.02. The fraction of sp³-hybridized carbons (Fsp3) is 0.273. The van der Waals surface area contributed by atoms with Gasteiger partial charge in [0.2, 0.25) is 0 Å². The van der Waals surface area contributed by atoms with Gasteiger partial charge in [0.25, 0.3) is 5.91 Å². The number of anilines is 1. The third-order valence-corrected chi connectivity index (χ3v) is 7.23. The molecule has 0 aliphatic heterocycles. The van der Waals surface area contributed by atoms with Crippen LogP contribution in [0.4, 0.5) is 36.4 Å². The van der Waals surface area contributed by atoms with E-state index in [-0.39, 0.29) is 22.3 Å². The minimum absolute atomic E-state index is 0.0647. The van der Waals surface area contributed by atoms with Crippen LogP contribution in [0.25, 0.3) is 22.2 Å². The Morgan fingerprint density at radius 1 is 0.826 bits per heavy atom. The van der Waals surface area contributed by atoms with Crippen LogP contribution in [-0.2, 0) is 10.2 Å². The number of hydrogen-bond acceptors (Lipinski definition) is 4. The molecule has 3 aromatic carbocycles. The van der Waals surface area contributed by atoms with Crippen LogP contribution >= 0.6 is 0 Å². The van der Waals surface area contributed by atoms with Gasteiger partial charge in [0, 0.05) is 16.6 Å². The molecule has 0 unspecified atom stereocenters. The molecule has 0 bridgehead atoms. The van der Waals surface area contributed by atoms with E-state index in [1.165, 1.54) is 24.4 Å². The first-order chi connectivity index (χ1) is 21.2. The zero-order valence-electron chi connectivity index (χ0n) is 25.3. The first-order valence-corrected chi connectivity index (χ1v) is 13.8. The van der Waals surface area contributed by atoms with Gasteiger partial charge in [-0.05, 0) is 54.2 Å². The summed E-state index contributed by atoms with van der Waals surface area (Å²) >= 11 is 0. The van der Waals surface area contributed by atoms with Crippen LogP contribution in [0, 0.1) is 6.92 Å². The van der Waals surface area contributed by atoms with Gasteiger partial charge in [0.05, 0.1) is 22.5 Å². The summed E-state index contributed by atoms with van der Waals surface area (Å²) in [6, 6.07) is 19.5. The van der Waals surface area contributed by atoms with E-state index < -0.39 is 35.5 Å². The van der Waals surface area contributed by atoms with Crippen molar-refractivity contribution < 1.29 is 40.3 Å². The first-order valence-electron chi connectivity index (χ1n) is 13.8. The Bertz CT molecular complexity index is 1830. The fourth-order valence-electron chi connectivity index (χ4n) is 4.48. The van der Waals surface area contributed by atoms with E-state index in [0.717, 1.165) is 28.8 Å². The van der Waals surface area contributed by atoms with E-state index in [1.807, 2.05) is 37.3 Å². The van der Waals surface area contributed by atoms with Crippen molar-refractivity contribution in [1.29, 1.82) is 0 Å². The SMILES string of the molecule is CC(=NNC(=O)c1cc(-c2ccc(C(C)(C)C)cc2)nc2c(C)cccc12)c1cccc(NC(=O)C(F)(F)C(F)(F)C(F)(F)F)c1. The molecule has 46 heavy (non-hydrogen) atoms. The molecule has 0 saturated heterocycles. The highest BCUT2D eigenvalue weighted by Crippen LogP contribution is 2.47. The second-order valence-electron chi connectivity index (χ2n) is 11.7. The number of aryl methyl sites for hydroxylation is 1. The number of carbonyl (C=O) groups excluding carboxylic acids is 2. The van der Waals surface area contributed by atoms with Gasteiger partial charge >= 0.3 is 23.9 Å². The maximum absolute atomic E-state index is 13.8. The number of hydrazone groups is 1. The average molecular weight is 647 g/mol. The topological polar surface area (TPSA) is 83.4 Å². The second-order valence-corrected chi connectivity index (χ2v) is 11.7. The molecule has 0 aliphatic rings. The molecule has 0 aliphatic carbocycles. The van der Waals surface area contributed by atoms with Gasteiger partial charge < -0.3 is 5.32 Å². The summed E-state index contributed by atoms with van der Waals surface area (Å²) in [6.45, 7) is 9.56. The summed E-state index contributed by atoms with van der Waals surface area (Å²) in [5.74, 6) is -16.1. The lowest BCUT2D eigenvalue weighted by Crippen LogP contribution is -2.57. The predicted octanol–water partition coefficient (Wildman–Crippen LogP) is 8.43. The van der Waals surface area contributed by atoms with Crippen molar-refractivity contribution in [3.8, 4) is 11.3 Å². The van der Waals surface area contributed by atoms with Crippen molar-refractivity contribution in [2.24, 2.45) is 5.10 Å². The van der Waals surface area contributed by atoms with Crippen LogP contribution in [0.3, 0.4) is 0 Å². The van der Waals surface area contributed by atoms with E-state index in [0.29, 0.717) is 16.6 Å². The number of carbonyl (C=O) groups is 2. The molecule has 1 heterocycles. The van der Waals surface area contributed by atoms with Crippen molar-refractivity contribution in [2.75, 3.05) is 5.32 Å². The lowest BCUT2D eigenvalue weighted by molar-refractivity contribution is -0.343. The van der Waals surface area contributed by atoms with Crippen LogP contribution < -0.4 is 10.7 Å². The second kappa shape index (κ2) is 12.2. The van der Waals surface area contributed by atoms with Gasteiger partial charge in [-0.15, -0.1) is 0 Å². The number of rotatable bonds is 7.